The van der Waals surface area contributed by atoms with Crippen LogP contribution in [0.4, 0.5) is 0 Å². The van der Waals surface area contributed by atoms with Crippen LogP contribution in [0, 0.1) is 0 Å². The number of nitrogens with two attached hydrogens (primary N) is 1. The first-order valence-electron chi connectivity index (χ1n) is 9.05. The standard InChI is InChI=1S/C22H28N2O3/c1-4-24(14-8-11-17-9-6-5-7-10-17)22(25)16-19(23)18-12-13-20(26-2)21(15-18)27-3/h5-13,15,19H,4,14,16,23H2,1-3H3/b11-8+. The van der Waals surface area contributed by atoms with Crippen molar-refractivity contribution < 1.29 is 14.3 Å². The Labute approximate surface area is 161 Å². The van der Waals surface area contributed by atoms with Crippen molar-refractivity contribution in [1.29, 1.82) is 0 Å². The maximum absolute atomic E-state index is 12.6. The van der Waals surface area contributed by atoms with Crippen molar-refractivity contribution in [2.24, 2.45) is 5.73 Å². The van der Waals surface area contributed by atoms with Crippen LogP contribution >= 0.6 is 0 Å². The Kier molecular flexibility index (Phi) is 7.89. The minimum absolute atomic E-state index is 0.0255. The number of ether oxygens (including phenoxy) is 2. The molecule has 0 aliphatic rings. The second-order valence-electron chi connectivity index (χ2n) is 6.17. The van der Waals surface area contributed by atoms with Crippen LogP contribution in [0.2, 0.25) is 0 Å². The first kappa shape index (κ1) is 20.5. The highest BCUT2D eigenvalue weighted by Crippen LogP contribution is 2.30. The Hall–Kier alpha value is -2.79. The molecule has 0 spiro atoms. The molecule has 5 nitrogen and oxygen atoms in total. The van der Waals surface area contributed by atoms with E-state index >= 15 is 0 Å². The highest BCUT2D eigenvalue weighted by molar-refractivity contribution is 5.77. The maximum Gasteiger partial charge on any atom is 0.224 e. The Bertz CT molecular complexity index is 759. The minimum atomic E-state index is -0.399. The Balaban J connectivity index is 1.98. The summed E-state index contributed by atoms with van der Waals surface area (Å²) in [4.78, 5) is 14.4. The molecule has 0 aliphatic carbocycles. The van der Waals surface area contributed by atoms with Crippen molar-refractivity contribution >= 4 is 12.0 Å². The number of carbonyl (C=O) groups is 1. The largest absolute Gasteiger partial charge is 0.493 e. The van der Waals surface area contributed by atoms with Crippen molar-refractivity contribution in [2.75, 3.05) is 27.3 Å². The molecule has 0 saturated heterocycles. The highest BCUT2D eigenvalue weighted by atomic mass is 16.5. The summed E-state index contributed by atoms with van der Waals surface area (Å²) in [6.07, 6.45) is 4.26. The van der Waals surface area contributed by atoms with Crippen molar-refractivity contribution in [1.82, 2.24) is 4.90 Å². The fourth-order valence-corrected chi connectivity index (χ4v) is 2.81. The van der Waals surface area contributed by atoms with Crippen LogP contribution in [0.3, 0.4) is 0 Å². The molecule has 5 heteroatoms. The number of hydrogen-bond acceptors (Lipinski definition) is 4. The predicted molar refractivity (Wildman–Crippen MR) is 109 cm³/mol. The number of methoxy groups -OCH3 is 2. The van der Waals surface area contributed by atoms with Crippen molar-refractivity contribution in [3.05, 3.63) is 65.7 Å². The van der Waals surface area contributed by atoms with Gasteiger partial charge >= 0.3 is 0 Å². The third-order valence-electron chi connectivity index (χ3n) is 4.40. The number of rotatable bonds is 9. The molecule has 1 atom stereocenters. The molecule has 0 bridgehead atoms. The molecular formula is C22H28N2O3. The zero-order chi connectivity index (χ0) is 19.6. The van der Waals surface area contributed by atoms with E-state index in [0.29, 0.717) is 24.6 Å². The van der Waals surface area contributed by atoms with Crippen LogP contribution in [0.1, 0.15) is 30.5 Å². The van der Waals surface area contributed by atoms with Gasteiger partial charge in [0.2, 0.25) is 5.91 Å². The third kappa shape index (κ3) is 5.86. The molecule has 144 valence electrons. The van der Waals surface area contributed by atoms with E-state index in [4.69, 9.17) is 15.2 Å². The lowest BCUT2D eigenvalue weighted by molar-refractivity contribution is -0.130. The first-order valence-corrected chi connectivity index (χ1v) is 9.05. The zero-order valence-corrected chi connectivity index (χ0v) is 16.2. The van der Waals surface area contributed by atoms with Gasteiger partial charge in [-0.1, -0.05) is 48.6 Å². The SMILES string of the molecule is CCN(C/C=C/c1ccccc1)C(=O)CC(N)c1ccc(OC)c(OC)c1. The van der Waals surface area contributed by atoms with Crippen LogP contribution < -0.4 is 15.2 Å². The molecule has 2 rings (SSSR count). The molecule has 1 unspecified atom stereocenters. The van der Waals surface area contributed by atoms with Gasteiger partial charge in [0.15, 0.2) is 11.5 Å². The molecule has 0 fully saturated rings. The van der Waals surface area contributed by atoms with Crippen LogP contribution in [-0.2, 0) is 4.79 Å². The Morgan fingerprint density at radius 2 is 1.81 bits per heavy atom. The molecule has 1 amide bonds. The summed E-state index contributed by atoms with van der Waals surface area (Å²) in [6.45, 7) is 3.16. The van der Waals surface area contributed by atoms with E-state index in [-0.39, 0.29) is 12.3 Å². The van der Waals surface area contributed by atoms with E-state index in [2.05, 4.69) is 0 Å². The Morgan fingerprint density at radius 3 is 2.44 bits per heavy atom. The van der Waals surface area contributed by atoms with Crippen LogP contribution in [0.15, 0.2) is 54.6 Å². The molecule has 0 saturated carbocycles. The minimum Gasteiger partial charge on any atom is -0.493 e. The van der Waals surface area contributed by atoms with Gasteiger partial charge in [0.1, 0.15) is 0 Å². The molecular weight excluding hydrogens is 340 g/mol. The molecule has 27 heavy (non-hydrogen) atoms. The van der Waals surface area contributed by atoms with Gasteiger partial charge in [-0.25, -0.2) is 0 Å². The summed E-state index contributed by atoms with van der Waals surface area (Å²) < 4.78 is 10.6. The van der Waals surface area contributed by atoms with E-state index in [9.17, 15) is 4.79 Å². The molecule has 2 aromatic rings. The first-order chi connectivity index (χ1) is 13.1. The van der Waals surface area contributed by atoms with Crippen molar-refractivity contribution in [3.63, 3.8) is 0 Å². The second-order valence-corrected chi connectivity index (χ2v) is 6.17. The van der Waals surface area contributed by atoms with Crippen LogP contribution in [0.25, 0.3) is 6.08 Å². The maximum atomic E-state index is 12.6. The molecule has 0 radical (unpaired) electrons. The van der Waals surface area contributed by atoms with E-state index in [0.717, 1.165) is 11.1 Å². The van der Waals surface area contributed by atoms with Crippen LogP contribution in [-0.4, -0.2) is 38.1 Å². The van der Waals surface area contributed by atoms with Gasteiger partial charge in [-0.05, 0) is 30.2 Å². The fraction of sp³-hybridized carbons (Fsp3) is 0.318. The van der Waals surface area contributed by atoms with Crippen molar-refractivity contribution in [2.45, 2.75) is 19.4 Å². The molecule has 0 heterocycles. The average Bonchev–Trinajstić information content (AvgIpc) is 2.71. The number of benzene rings is 2. The Morgan fingerprint density at radius 1 is 1.11 bits per heavy atom. The van der Waals surface area contributed by atoms with Gasteiger partial charge in [0.25, 0.3) is 0 Å². The number of hydrogen-bond donors (Lipinski definition) is 1. The highest BCUT2D eigenvalue weighted by Gasteiger charge is 2.17. The summed E-state index contributed by atoms with van der Waals surface area (Å²) in [6, 6.07) is 15.1. The van der Waals surface area contributed by atoms with Gasteiger partial charge in [0.05, 0.1) is 14.2 Å². The van der Waals surface area contributed by atoms with E-state index in [1.165, 1.54) is 0 Å². The molecule has 0 aromatic heterocycles. The van der Waals surface area contributed by atoms with Gasteiger partial charge in [-0.2, -0.15) is 0 Å². The summed E-state index contributed by atoms with van der Waals surface area (Å²) >= 11 is 0. The third-order valence-corrected chi connectivity index (χ3v) is 4.40. The number of carbonyl (C=O) groups excluding carboxylic acids is 1. The van der Waals surface area contributed by atoms with Crippen LogP contribution in [0.5, 0.6) is 11.5 Å². The number of nitrogens with zero attached hydrogens (tertiary/aromatic N) is 1. The van der Waals surface area contributed by atoms with Crippen molar-refractivity contribution in [3.8, 4) is 11.5 Å². The average molecular weight is 368 g/mol. The number of likely N-dealkylation sites (N-methyl/N-ethyl adjacent to an activating group) is 1. The van der Waals surface area contributed by atoms with Gasteiger partial charge < -0.3 is 20.1 Å². The van der Waals surface area contributed by atoms with Gasteiger partial charge in [-0.3, -0.25) is 4.79 Å². The molecule has 2 aromatic carbocycles. The summed E-state index contributed by atoms with van der Waals surface area (Å²) in [5.41, 5.74) is 8.22. The smallest absolute Gasteiger partial charge is 0.224 e. The lowest BCUT2D eigenvalue weighted by atomic mass is 10.0. The number of amides is 1. The summed E-state index contributed by atoms with van der Waals surface area (Å²) in [5.74, 6) is 1.27. The zero-order valence-electron chi connectivity index (χ0n) is 16.2. The topological polar surface area (TPSA) is 64.8 Å². The molecule has 2 N–H and O–H groups in total. The predicted octanol–water partition coefficient (Wildman–Crippen LogP) is 3.66. The van der Waals surface area contributed by atoms with E-state index in [1.54, 1.807) is 25.2 Å². The van der Waals surface area contributed by atoms with Gasteiger partial charge in [0, 0.05) is 25.6 Å². The fourth-order valence-electron chi connectivity index (χ4n) is 2.81. The van der Waals surface area contributed by atoms with Gasteiger partial charge in [-0.15, -0.1) is 0 Å². The monoisotopic (exact) mass is 368 g/mol. The lowest BCUT2D eigenvalue weighted by Crippen LogP contribution is -2.33. The van der Waals surface area contributed by atoms with E-state index < -0.39 is 6.04 Å². The summed E-state index contributed by atoms with van der Waals surface area (Å²) in [7, 11) is 3.17. The molecule has 0 aliphatic heterocycles. The lowest BCUT2D eigenvalue weighted by Gasteiger charge is -2.22. The quantitative estimate of drug-likeness (QED) is 0.734. The summed E-state index contributed by atoms with van der Waals surface area (Å²) in [5, 5.41) is 0. The van der Waals surface area contributed by atoms with E-state index in [1.807, 2.05) is 61.5 Å². The normalized spacial score (nSPS) is 12.0. The second kappa shape index (κ2) is 10.4.